The van der Waals surface area contributed by atoms with Gasteiger partial charge in [-0.3, -0.25) is 14.4 Å². The lowest BCUT2D eigenvalue weighted by Gasteiger charge is -2.24. The summed E-state index contributed by atoms with van der Waals surface area (Å²) in [6.45, 7) is 1.14. The highest BCUT2D eigenvalue weighted by Crippen LogP contribution is 2.38. The van der Waals surface area contributed by atoms with Crippen LogP contribution in [-0.2, 0) is 17.6 Å². The fourth-order valence-electron chi connectivity index (χ4n) is 4.71. The van der Waals surface area contributed by atoms with Crippen LogP contribution < -0.4 is 10.6 Å². The minimum Gasteiger partial charge on any atom is -0.352 e. The molecule has 3 amide bonds. The zero-order valence-electron chi connectivity index (χ0n) is 22.1. The van der Waals surface area contributed by atoms with Gasteiger partial charge in [-0.05, 0) is 53.8 Å². The first-order chi connectivity index (χ1) is 19.6. The van der Waals surface area contributed by atoms with Crippen LogP contribution in [0.1, 0.15) is 42.8 Å². The number of amides is 3. The average Bonchev–Trinajstić information content (AvgIpc) is 3.37. The van der Waals surface area contributed by atoms with Crippen molar-refractivity contribution < 1.29 is 14.4 Å². The molecule has 0 unspecified atom stereocenters. The Bertz CT molecular complexity index is 1460. The minimum absolute atomic E-state index is 0.0753. The molecule has 4 aromatic carbocycles. The number of para-hydroxylation sites is 1. The maximum absolute atomic E-state index is 13.1. The number of hydrogen-bond acceptors (Lipinski definition) is 4. The molecule has 1 saturated heterocycles. The quantitative estimate of drug-likeness (QED) is 0.265. The maximum Gasteiger partial charge on any atom is 0.255 e. The van der Waals surface area contributed by atoms with Crippen LogP contribution >= 0.6 is 11.8 Å². The summed E-state index contributed by atoms with van der Waals surface area (Å²) in [6.07, 6.45) is 1.52. The smallest absolute Gasteiger partial charge is 0.255 e. The van der Waals surface area contributed by atoms with Gasteiger partial charge in [0.1, 0.15) is 5.37 Å². The number of thioether (sulfide) groups is 1. The Kier molecular flexibility index (Phi) is 8.93. The number of hydrogen-bond donors (Lipinski definition) is 2. The highest BCUT2D eigenvalue weighted by Gasteiger charge is 2.32. The van der Waals surface area contributed by atoms with Gasteiger partial charge in [0.2, 0.25) is 5.91 Å². The van der Waals surface area contributed by atoms with Crippen LogP contribution in [0, 0.1) is 0 Å². The normalized spacial score (nSPS) is 14.7. The molecule has 1 atom stereocenters. The molecule has 0 aliphatic carbocycles. The molecule has 202 valence electrons. The summed E-state index contributed by atoms with van der Waals surface area (Å²) in [5, 5.41) is 5.76. The molecule has 40 heavy (non-hydrogen) atoms. The number of anilines is 1. The van der Waals surface area contributed by atoms with E-state index in [4.69, 9.17) is 0 Å². The highest BCUT2D eigenvalue weighted by atomic mass is 32.2. The molecule has 6 nitrogen and oxygen atoms in total. The third-order valence-electron chi connectivity index (χ3n) is 6.87. The molecule has 1 heterocycles. The second-order valence-electron chi connectivity index (χ2n) is 9.60. The molecule has 7 heteroatoms. The number of benzene rings is 4. The van der Waals surface area contributed by atoms with E-state index in [0.717, 1.165) is 24.0 Å². The molecule has 0 radical (unpaired) electrons. The predicted octanol–water partition coefficient (Wildman–Crippen LogP) is 5.73. The predicted molar refractivity (Wildman–Crippen MR) is 160 cm³/mol. The molecule has 0 spiro atoms. The van der Waals surface area contributed by atoms with Gasteiger partial charge in [-0.1, -0.05) is 84.9 Å². The van der Waals surface area contributed by atoms with Crippen molar-refractivity contribution in [3.63, 3.8) is 0 Å². The van der Waals surface area contributed by atoms with Crippen molar-refractivity contribution in [1.82, 2.24) is 10.2 Å². The summed E-state index contributed by atoms with van der Waals surface area (Å²) in [5.41, 5.74) is 4.68. The van der Waals surface area contributed by atoms with E-state index in [1.54, 1.807) is 48.2 Å². The number of nitrogens with zero attached hydrogens (tertiary/aromatic N) is 1. The maximum atomic E-state index is 13.1. The molecule has 2 N–H and O–H groups in total. The Balaban J connectivity index is 1.20. The van der Waals surface area contributed by atoms with Crippen LogP contribution in [0.4, 0.5) is 5.69 Å². The first-order valence-electron chi connectivity index (χ1n) is 13.4. The molecule has 4 aromatic rings. The summed E-state index contributed by atoms with van der Waals surface area (Å²) in [4.78, 5) is 40.5. The summed E-state index contributed by atoms with van der Waals surface area (Å²) in [5.74, 6) is 0.0468. The lowest BCUT2D eigenvalue weighted by molar-refractivity contribution is -0.128. The first kappa shape index (κ1) is 27.2. The van der Waals surface area contributed by atoms with Crippen molar-refractivity contribution >= 4 is 35.2 Å². The van der Waals surface area contributed by atoms with Crippen LogP contribution in [0.5, 0.6) is 0 Å². The Morgan fingerprint density at radius 3 is 2.08 bits per heavy atom. The topological polar surface area (TPSA) is 78.5 Å². The van der Waals surface area contributed by atoms with E-state index < -0.39 is 0 Å². The molecular weight excluding hydrogens is 518 g/mol. The van der Waals surface area contributed by atoms with Crippen LogP contribution in [-0.4, -0.2) is 41.5 Å². The Labute approximate surface area is 238 Å². The van der Waals surface area contributed by atoms with Gasteiger partial charge in [-0.2, -0.15) is 0 Å². The van der Waals surface area contributed by atoms with Gasteiger partial charge in [0.15, 0.2) is 0 Å². The Morgan fingerprint density at radius 1 is 0.750 bits per heavy atom. The fraction of sp³-hybridized carbons (Fsp3) is 0.182. The van der Waals surface area contributed by atoms with Gasteiger partial charge in [-0.15, -0.1) is 11.8 Å². The van der Waals surface area contributed by atoms with Crippen molar-refractivity contribution in [2.45, 2.75) is 18.2 Å². The molecule has 1 aliphatic heterocycles. The Hall–Kier alpha value is -4.36. The van der Waals surface area contributed by atoms with Crippen LogP contribution in [0.3, 0.4) is 0 Å². The van der Waals surface area contributed by atoms with Crippen LogP contribution in [0.25, 0.3) is 0 Å². The van der Waals surface area contributed by atoms with Gasteiger partial charge in [0, 0.05) is 18.7 Å². The van der Waals surface area contributed by atoms with Gasteiger partial charge in [-0.25, -0.2) is 0 Å². The second kappa shape index (κ2) is 13.1. The summed E-state index contributed by atoms with van der Waals surface area (Å²) < 4.78 is 0. The van der Waals surface area contributed by atoms with E-state index in [9.17, 15) is 14.4 Å². The number of nitrogens with one attached hydrogen (secondary N) is 2. The van der Waals surface area contributed by atoms with Crippen molar-refractivity contribution in [1.29, 1.82) is 0 Å². The first-order valence-corrected chi connectivity index (χ1v) is 14.4. The molecule has 5 rings (SSSR count). The lowest BCUT2D eigenvalue weighted by Crippen LogP contribution is -2.30. The van der Waals surface area contributed by atoms with Gasteiger partial charge in [0.05, 0.1) is 17.0 Å². The van der Waals surface area contributed by atoms with Gasteiger partial charge in [0.25, 0.3) is 11.8 Å². The summed E-state index contributed by atoms with van der Waals surface area (Å²) >= 11 is 1.61. The van der Waals surface area contributed by atoms with Crippen molar-refractivity contribution in [3.05, 3.63) is 137 Å². The third kappa shape index (κ3) is 6.79. The van der Waals surface area contributed by atoms with E-state index in [0.29, 0.717) is 35.7 Å². The second-order valence-corrected chi connectivity index (χ2v) is 10.7. The molecular formula is C33H31N3O3S. The average molecular weight is 550 g/mol. The fourth-order valence-corrected chi connectivity index (χ4v) is 5.93. The van der Waals surface area contributed by atoms with Crippen molar-refractivity contribution in [2.75, 3.05) is 24.2 Å². The number of carbonyl (C=O) groups excluding carboxylic acids is 3. The monoisotopic (exact) mass is 549 g/mol. The largest absolute Gasteiger partial charge is 0.352 e. The number of carbonyl (C=O) groups is 3. The van der Waals surface area contributed by atoms with Gasteiger partial charge >= 0.3 is 0 Å². The van der Waals surface area contributed by atoms with Crippen molar-refractivity contribution in [2.24, 2.45) is 0 Å². The Morgan fingerprint density at radius 2 is 1.38 bits per heavy atom. The molecule has 0 saturated carbocycles. The summed E-state index contributed by atoms with van der Waals surface area (Å²) in [6, 6.07) is 34.5. The van der Waals surface area contributed by atoms with Crippen molar-refractivity contribution in [3.8, 4) is 0 Å². The summed E-state index contributed by atoms with van der Waals surface area (Å²) in [7, 11) is 0. The van der Waals surface area contributed by atoms with E-state index in [1.807, 2.05) is 65.6 Å². The van der Waals surface area contributed by atoms with E-state index in [2.05, 4.69) is 22.8 Å². The molecule has 1 fully saturated rings. The molecule has 1 aliphatic rings. The van der Waals surface area contributed by atoms with Crippen LogP contribution in [0.2, 0.25) is 0 Å². The highest BCUT2D eigenvalue weighted by molar-refractivity contribution is 8.00. The van der Waals surface area contributed by atoms with Gasteiger partial charge < -0.3 is 15.5 Å². The van der Waals surface area contributed by atoms with E-state index >= 15 is 0 Å². The third-order valence-corrected chi connectivity index (χ3v) is 8.13. The van der Waals surface area contributed by atoms with E-state index in [1.165, 1.54) is 5.56 Å². The number of rotatable bonds is 10. The lowest BCUT2D eigenvalue weighted by atomic mass is 10.1. The zero-order valence-corrected chi connectivity index (χ0v) is 22.9. The zero-order chi connectivity index (χ0) is 27.7. The SMILES string of the molecule is O=C(Nc1ccccc1C(=O)NCCc1ccccc1)c1ccc([C@@H]2SCC(=O)N2CCc2ccccc2)cc1. The van der Waals surface area contributed by atoms with Crippen LogP contribution in [0.15, 0.2) is 109 Å². The molecule has 0 aromatic heterocycles. The van der Waals surface area contributed by atoms with E-state index in [-0.39, 0.29) is 23.1 Å². The molecule has 0 bridgehead atoms. The minimum atomic E-state index is -0.299. The standard InChI is InChI=1S/C33H31N3O3S/c37-30-23-40-33(36(30)22-20-25-11-5-2-6-12-25)27-17-15-26(16-18-27)31(38)35-29-14-8-7-13-28(29)32(39)34-21-19-24-9-3-1-4-10-24/h1-18,33H,19-23H2,(H,34,39)(H,35,38)/t33-/m0/s1.